The highest BCUT2D eigenvalue weighted by Crippen LogP contribution is 2.07. The van der Waals surface area contributed by atoms with E-state index in [0.29, 0.717) is 31.0 Å². The first-order valence-electron chi connectivity index (χ1n) is 9.26. The van der Waals surface area contributed by atoms with E-state index in [1.165, 1.54) is 11.8 Å². The highest BCUT2D eigenvalue weighted by Gasteiger charge is 2.08. The van der Waals surface area contributed by atoms with Gasteiger partial charge in [-0.05, 0) is 50.8 Å². The molecule has 0 radical (unpaired) electrons. The summed E-state index contributed by atoms with van der Waals surface area (Å²) in [5.41, 5.74) is 2.93. The predicted octanol–water partition coefficient (Wildman–Crippen LogP) is 3.69. The molecule has 0 aliphatic rings. The third-order valence-electron chi connectivity index (χ3n) is 4.14. The number of guanidine groups is 1. The molecule has 1 heterocycles. The molecule has 1 atom stereocenters. The standard InChI is InChI=1S/C20H30FN5.HI/c1-5-22-20(23-11-10-18-8-6-7-9-19(18)21)24-13-15(2)14-26-17(4)12-16(3)25-26;/h6-9,12,15H,5,10-11,13-14H2,1-4H3,(H2,22,23,24);1H. The van der Waals surface area contributed by atoms with E-state index in [2.05, 4.69) is 40.6 Å². The third-order valence-corrected chi connectivity index (χ3v) is 4.14. The maximum absolute atomic E-state index is 13.7. The first-order chi connectivity index (χ1) is 12.5. The van der Waals surface area contributed by atoms with Crippen LogP contribution in [0.5, 0.6) is 0 Å². The lowest BCUT2D eigenvalue weighted by molar-refractivity contribution is 0.449. The van der Waals surface area contributed by atoms with Crippen molar-refractivity contribution in [3.05, 3.63) is 53.1 Å². The summed E-state index contributed by atoms with van der Waals surface area (Å²) in [6.45, 7) is 11.3. The number of aromatic nitrogens is 2. The van der Waals surface area contributed by atoms with E-state index in [0.717, 1.165) is 24.7 Å². The minimum absolute atomic E-state index is 0. The van der Waals surface area contributed by atoms with E-state index in [1.807, 2.05) is 30.7 Å². The van der Waals surface area contributed by atoms with Gasteiger partial charge in [-0.25, -0.2) is 4.39 Å². The highest BCUT2D eigenvalue weighted by molar-refractivity contribution is 14.0. The predicted molar refractivity (Wildman–Crippen MR) is 120 cm³/mol. The summed E-state index contributed by atoms with van der Waals surface area (Å²) >= 11 is 0. The Morgan fingerprint density at radius 3 is 2.63 bits per heavy atom. The van der Waals surface area contributed by atoms with E-state index < -0.39 is 0 Å². The van der Waals surface area contributed by atoms with Gasteiger partial charge in [0, 0.05) is 31.9 Å². The number of aliphatic imine (C=N–C) groups is 1. The fraction of sp³-hybridized carbons (Fsp3) is 0.500. The summed E-state index contributed by atoms with van der Waals surface area (Å²) in [5, 5.41) is 11.0. The minimum atomic E-state index is -0.158. The molecule has 0 fully saturated rings. The van der Waals surface area contributed by atoms with Gasteiger partial charge in [-0.3, -0.25) is 9.67 Å². The van der Waals surface area contributed by atoms with Crippen molar-refractivity contribution in [3.8, 4) is 0 Å². The zero-order chi connectivity index (χ0) is 18.9. The lowest BCUT2D eigenvalue weighted by Gasteiger charge is -2.14. The number of hydrogen-bond acceptors (Lipinski definition) is 2. The SMILES string of the molecule is CCNC(=NCC(C)Cn1nc(C)cc1C)NCCc1ccccc1F.I. The van der Waals surface area contributed by atoms with Crippen molar-refractivity contribution in [1.82, 2.24) is 20.4 Å². The van der Waals surface area contributed by atoms with Crippen LogP contribution < -0.4 is 10.6 Å². The molecule has 1 aromatic heterocycles. The normalized spacial score (nSPS) is 12.4. The van der Waals surface area contributed by atoms with Crippen LogP contribution in [-0.4, -0.2) is 35.4 Å². The fourth-order valence-electron chi connectivity index (χ4n) is 2.82. The van der Waals surface area contributed by atoms with Gasteiger partial charge in [0.25, 0.3) is 0 Å². The lowest BCUT2D eigenvalue weighted by atomic mass is 10.1. The zero-order valence-electron chi connectivity index (χ0n) is 16.6. The second-order valence-electron chi connectivity index (χ2n) is 6.70. The molecular weight excluding hydrogens is 456 g/mol. The molecule has 0 saturated heterocycles. The Morgan fingerprint density at radius 1 is 1.26 bits per heavy atom. The van der Waals surface area contributed by atoms with Crippen LogP contribution in [0.3, 0.4) is 0 Å². The Morgan fingerprint density at radius 2 is 2.00 bits per heavy atom. The van der Waals surface area contributed by atoms with E-state index in [1.54, 1.807) is 6.07 Å². The summed E-state index contributed by atoms with van der Waals surface area (Å²) in [6, 6.07) is 8.97. The molecule has 0 aliphatic carbocycles. The Hall–Kier alpha value is -1.64. The maximum atomic E-state index is 13.7. The number of nitrogens with zero attached hydrogens (tertiary/aromatic N) is 3. The van der Waals surface area contributed by atoms with Crippen molar-refractivity contribution >= 4 is 29.9 Å². The topological polar surface area (TPSA) is 54.2 Å². The zero-order valence-corrected chi connectivity index (χ0v) is 19.0. The molecule has 150 valence electrons. The van der Waals surface area contributed by atoms with Crippen LogP contribution in [0.2, 0.25) is 0 Å². The maximum Gasteiger partial charge on any atom is 0.191 e. The molecule has 0 bridgehead atoms. The lowest BCUT2D eigenvalue weighted by Crippen LogP contribution is -2.38. The Kier molecular flexibility index (Phi) is 10.4. The van der Waals surface area contributed by atoms with Gasteiger partial charge < -0.3 is 10.6 Å². The van der Waals surface area contributed by atoms with E-state index in [-0.39, 0.29) is 29.8 Å². The molecule has 1 unspecified atom stereocenters. The van der Waals surface area contributed by atoms with Crippen LogP contribution >= 0.6 is 24.0 Å². The molecule has 2 rings (SSSR count). The molecule has 7 heteroatoms. The van der Waals surface area contributed by atoms with Gasteiger partial charge in [0.05, 0.1) is 5.69 Å². The molecule has 0 aliphatic heterocycles. The summed E-state index contributed by atoms with van der Waals surface area (Å²) in [5.74, 6) is 0.980. The molecule has 2 aromatic rings. The molecule has 0 saturated carbocycles. The second kappa shape index (κ2) is 11.9. The Labute approximate surface area is 178 Å². The van der Waals surface area contributed by atoms with Crippen LogP contribution in [0, 0.1) is 25.6 Å². The Balaban J connectivity index is 0.00000364. The van der Waals surface area contributed by atoms with Crippen LogP contribution in [0.4, 0.5) is 4.39 Å². The highest BCUT2D eigenvalue weighted by atomic mass is 127. The third kappa shape index (κ3) is 7.86. The molecule has 27 heavy (non-hydrogen) atoms. The first-order valence-corrected chi connectivity index (χ1v) is 9.26. The molecular formula is C20H31FIN5. The van der Waals surface area contributed by atoms with E-state index >= 15 is 0 Å². The summed E-state index contributed by atoms with van der Waals surface area (Å²) in [7, 11) is 0. The van der Waals surface area contributed by atoms with Crippen LogP contribution in [0.15, 0.2) is 35.3 Å². The fourth-order valence-corrected chi connectivity index (χ4v) is 2.82. The average Bonchev–Trinajstić information content (AvgIpc) is 2.91. The van der Waals surface area contributed by atoms with Crippen molar-refractivity contribution in [1.29, 1.82) is 0 Å². The summed E-state index contributed by atoms with van der Waals surface area (Å²) < 4.78 is 15.7. The van der Waals surface area contributed by atoms with Gasteiger partial charge in [0.15, 0.2) is 5.96 Å². The van der Waals surface area contributed by atoms with Gasteiger partial charge in [0.1, 0.15) is 5.82 Å². The molecule has 0 spiro atoms. The van der Waals surface area contributed by atoms with Crippen LogP contribution in [-0.2, 0) is 13.0 Å². The van der Waals surface area contributed by atoms with Crippen LogP contribution in [0.25, 0.3) is 0 Å². The smallest absolute Gasteiger partial charge is 0.191 e. The van der Waals surface area contributed by atoms with Crippen molar-refractivity contribution in [2.24, 2.45) is 10.9 Å². The van der Waals surface area contributed by atoms with E-state index in [9.17, 15) is 4.39 Å². The summed E-state index contributed by atoms with van der Waals surface area (Å²) in [4.78, 5) is 4.66. The number of rotatable bonds is 8. The molecule has 2 N–H and O–H groups in total. The van der Waals surface area contributed by atoms with Gasteiger partial charge in [0.2, 0.25) is 0 Å². The largest absolute Gasteiger partial charge is 0.357 e. The number of benzene rings is 1. The number of aryl methyl sites for hydroxylation is 2. The average molecular weight is 487 g/mol. The minimum Gasteiger partial charge on any atom is -0.357 e. The summed E-state index contributed by atoms with van der Waals surface area (Å²) in [6.07, 6.45) is 0.623. The van der Waals surface area contributed by atoms with Crippen LogP contribution in [0.1, 0.15) is 30.8 Å². The molecule has 0 amide bonds. The second-order valence-corrected chi connectivity index (χ2v) is 6.70. The Bertz CT molecular complexity index is 729. The van der Waals surface area contributed by atoms with Crippen molar-refractivity contribution in [2.45, 2.75) is 40.7 Å². The monoisotopic (exact) mass is 487 g/mol. The first kappa shape index (κ1) is 23.4. The number of halogens is 2. The quantitative estimate of drug-likeness (QED) is 0.339. The van der Waals surface area contributed by atoms with Gasteiger partial charge in [-0.2, -0.15) is 5.10 Å². The van der Waals surface area contributed by atoms with Gasteiger partial charge in [-0.1, -0.05) is 25.1 Å². The van der Waals surface area contributed by atoms with Crippen molar-refractivity contribution in [2.75, 3.05) is 19.6 Å². The van der Waals surface area contributed by atoms with Gasteiger partial charge in [-0.15, -0.1) is 24.0 Å². The van der Waals surface area contributed by atoms with Gasteiger partial charge >= 0.3 is 0 Å². The van der Waals surface area contributed by atoms with Crippen molar-refractivity contribution < 1.29 is 4.39 Å². The number of nitrogens with one attached hydrogen (secondary N) is 2. The molecule has 5 nitrogen and oxygen atoms in total. The van der Waals surface area contributed by atoms with E-state index in [4.69, 9.17) is 0 Å². The number of hydrogen-bond donors (Lipinski definition) is 2. The molecule has 1 aromatic carbocycles. The van der Waals surface area contributed by atoms with Crippen molar-refractivity contribution in [3.63, 3.8) is 0 Å².